The van der Waals surface area contributed by atoms with Gasteiger partial charge in [0.15, 0.2) is 0 Å². The normalized spacial score (nSPS) is 22.4. The predicted molar refractivity (Wildman–Crippen MR) is 111 cm³/mol. The summed E-state index contributed by atoms with van der Waals surface area (Å²) in [5, 5.41) is 12.3. The van der Waals surface area contributed by atoms with Crippen LogP contribution in [0, 0.1) is 0 Å². The maximum Gasteiger partial charge on any atom is 0.466 e. The summed E-state index contributed by atoms with van der Waals surface area (Å²) in [6, 6.07) is 6.26. The number of nitrogens with one attached hydrogen (secondary N) is 1. The standard InChI is InChI=1S/C21H33BN2O4/c1-19(2,22-27-20(3,4)21(5,6)28-22)17(18(26)24-13-7-8-14-24)23-15-9-11-16(25)12-10-15/h9-12,17,23,25H,7-8,13-14H2,1-6H3/t17-/m1/s1. The van der Waals surface area contributed by atoms with Crippen LogP contribution in [0.1, 0.15) is 54.4 Å². The Bertz CT molecular complexity index is 696. The molecular weight excluding hydrogens is 355 g/mol. The third kappa shape index (κ3) is 3.87. The zero-order chi connectivity index (χ0) is 20.7. The van der Waals surface area contributed by atoms with E-state index in [9.17, 15) is 9.90 Å². The summed E-state index contributed by atoms with van der Waals surface area (Å²) < 4.78 is 12.6. The van der Waals surface area contributed by atoms with Crippen LogP contribution in [0.4, 0.5) is 5.69 Å². The molecule has 28 heavy (non-hydrogen) atoms. The Hall–Kier alpha value is -1.73. The van der Waals surface area contributed by atoms with Crippen LogP contribution in [0.15, 0.2) is 24.3 Å². The molecule has 2 N–H and O–H groups in total. The van der Waals surface area contributed by atoms with Crippen LogP contribution in [-0.2, 0) is 14.1 Å². The minimum absolute atomic E-state index is 0.0605. The highest BCUT2D eigenvalue weighted by molar-refractivity contribution is 6.50. The van der Waals surface area contributed by atoms with E-state index in [0.29, 0.717) is 0 Å². The van der Waals surface area contributed by atoms with E-state index < -0.39 is 29.7 Å². The number of benzene rings is 1. The van der Waals surface area contributed by atoms with Crippen molar-refractivity contribution in [2.45, 2.75) is 76.9 Å². The summed E-state index contributed by atoms with van der Waals surface area (Å²) >= 11 is 0. The second-order valence-corrected chi connectivity index (χ2v) is 9.57. The summed E-state index contributed by atoms with van der Waals surface area (Å²) in [7, 11) is -0.529. The number of likely N-dealkylation sites (tertiary alicyclic amines) is 1. The number of aromatic hydroxyl groups is 1. The van der Waals surface area contributed by atoms with Gasteiger partial charge in [0.25, 0.3) is 0 Å². The Labute approximate surface area is 168 Å². The Morgan fingerprint density at radius 3 is 2.11 bits per heavy atom. The van der Waals surface area contributed by atoms with Crippen molar-refractivity contribution >= 4 is 18.7 Å². The smallest absolute Gasteiger partial charge is 0.466 e. The van der Waals surface area contributed by atoms with Crippen LogP contribution in [0.3, 0.4) is 0 Å². The summed E-state index contributed by atoms with van der Waals surface area (Å²) in [5.74, 6) is 0.253. The molecule has 1 amide bonds. The van der Waals surface area contributed by atoms with E-state index in [0.717, 1.165) is 31.6 Å². The van der Waals surface area contributed by atoms with Crippen molar-refractivity contribution in [3.63, 3.8) is 0 Å². The number of phenolic OH excluding ortho intramolecular Hbond substituents is 1. The fourth-order valence-electron chi connectivity index (χ4n) is 3.69. The number of carbonyl (C=O) groups is 1. The predicted octanol–water partition coefficient (Wildman–Crippen LogP) is 3.67. The fraction of sp³-hybridized carbons (Fsp3) is 0.667. The van der Waals surface area contributed by atoms with Crippen molar-refractivity contribution < 1.29 is 19.2 Å². The number of hydrogen-bond donors (Lipinski definition) is 2. The van der Waals surface area contributed by atoms with Crippen LogP contribution >= 0.6 is 0 Å². The van der Waals surface area contributed by atoms with E-state index in [-0.39, 0.29) is 11.7 Å². The number of anilines is 1. The quantitative estimate of drug-likeness (QED) is 0.595. The van der Waals surface area contributed by atoms with Crippen molar-refractivity contribution in [2.75, 3.05) is 18.4 Å². The van der Waals surface area contributed by atoms with Gasteiger partial charge < -0.3 is 24.6 Å². The molecule has 2 fully saturated rings. The van der Waals surface area contributed by atoms with Crippen LogP contribution in [0.2, 0.25) is 5.31 Å². The number of phenols is 1. The van der Waals surface area contributed by atoms with E-state index in [1.54, 1.807) is 24.3 Å². The molecule has 1 atom stereocenters. The number of amides is 1. The van der Waals surface area contributed by atoms with Gasteiger partial charge in [-0.2, -0.15) is 0 Å². The van der Waals surface area contributed by atoms with E-state index in [1.807, 2.05) is 46.4 Å². The molecule has 0 saturated carbocycles. The molecule has 1 aromatic carbocycles. The van der Waals surface area contributed by atoms with Gasteiger partial charge in [-0.05, 0) is 64.8 Å². The summed E-state index contributed by atoms with van der Waals surface area (Å²) in [6.07, 6.45) is 2.07. The molecule has 0 spiro atoms. The van der Waals surface area contributed by atoms with E-state index in [4.69, 9.17) is 9.31 Å². The van der Waals surface area contributed by atoms with E-state index >= 15 is 0 Å². The second-order valence-electron chi connectivity index (χ2n) is 9.57. The molecule has 2 aliphatic heterocycles. The zero-order valence-electron chi connectivity index (χ0n) is 17.9. The molecular formula is C21H33BN2O4. The zero-order valence-corrected chi connectivity index (χ0v) is 17.9. The lowest BCUT2D eigenvalue weighted by molar-refractivity contribution is -0.131. The van der Waals surface area contributed by atoms with Gasteiger partial charge in [-0.1, -0.05) is 13.8 Å². The monoisotopic (exact) mass is 388 g/mol. The van der Waals surface area contributed by atoms with Crippen molar-refractivity contribution in [3.05, 3.63) is 24.3 Å². The highest BCUT2D eigenvalue weighted by Gasteiger charge is 2.60. The lowest BCUT2D eigenvalue weighted by Crippen LogP contribution is -2.52. The first-order chi connectivity index (χ1) is 12.9. The Balaban J connectivity index is 1.90. The molecule has 7 heteroatoms. The number of nitrogens with zero attached hydrogens (tertiary/aromatic N) is 1. The molecule has 154 valence electrons. The molecule has 2 aliphatic rings. The summed E-state index contributed by atoms with van der Waals surface area (Å²) in [4.78, 5) is 15.4. The number of rotatable bonds is 5. The maximum absolute atomic E-state index is 13.4. The van der Waals surface area contributed by atoms with E-state index in [2.05, 4.69) is 5.32 Å². The van der Waals surface area contributed by atoms with Gasteiger partial charge in [0.2, 0.25) is 5.91 Å². The van der Waals surface area contributed by atoms with Gasteiger partial charge in [-0.15, -0.1) is 0 Å². The molecule has 3 rings (SSSR count). The second kappa shape index (κ2) is 7.27. The molecule has 0 radical (unpaired) electrons. The Morgan fingerprint density at radius 1 is 1.11 bits per heavy atom. The minimum atomic E-state index is -0.622. The first-order valence-electron chi connectivity index (χ1n) is 10.1. The topological polar surface area (TPSA) is 71.0 Å². The van der Waals surface area contributed by atoms with Crippen LogP contribution in [0.25, 0.3) is 0 Å². The van der Waals surface area contributed by atoms with Crippen molar-refractivity contribution in [3.8, 4) is 5.75 Å². The first-order valence-corrected chi connectivity index (χ1v) is 10.1. The number of carbonyl (C=O) groups excluding carboxylic acids is 1. The molecule has 2 saturated heterocycles. The molecule has 0 aliphatic carbocycles. The Kier molecular flexibility index (Phi) is 5.45. The van der Waals surface area contributed by atoms with Gasteiger partial charge in [0.1, 0.15) is 11.8 Å². The minimum Gasteiger partial charge on any atom is -0.508 e. The van der Waals surface area contributed by atoms with Crippen LogP contribution in [-0.4, -0.2) is 53.4 Å². The SMILES string of the molecule is CC(C)(B1OC(C)(C)C(C)(C)O1)[C@H](Nc1ccc(O)cc1)C(=O)N1CCCC1. The average molecular weight is 388 g/mol. The molecule has 0 unspecified atom stereocenters. The highest BCUT2D eigenvalue weighted by Crippen LogP contribution is 2.47. The van der Waals surface area contributed by atoms with Crippen LogP contribution < -0.4 is 5.32 Å². The maximum atomic E-state index is 13.4. The van der Waals surface area contributed by atoms with Gasteiger partial charge in [-0.3, -0.25) is 4.79 Å². The molecule has 1 aromatic rings. The molecule has 0 aromatic heterocycles. The van der Waals surface area contributed by atoms with Gasteiger partial charge in [0.05, 0.1) is 11.2 Å². The average Bonchev–Trinajstić information content (AvgIpc) is 3.20. The third-order valence-corrected chi connectivity index (χ3v) is 6.45. The van der Waals surface area contributed by atoms with Gasteiger partial charge in [0, 0.05) is 24.1 Å². The van der Waals surface area contributed by atoms with E-state index in [1.165, 1.54) is 0 Å². The van der Waals surface area contributed by atoms with Crippen molar-refractivity contribution in [1.82, 2.24) is 4.90 Å². The summed E-state index contributed by atoms with van der Waals surface area (Å²) in [6.45, 7) is 13.7. The Morgan fingerprint density at radius 2 is 1.61 bits per heavy atom. The lowest BCUT2D eigenvalue weighted by atomic mass is 9.55. The highest BCUT2D eigenvalue weighted by atomic mass is 16.7. The lowest BCUT2D eigenvalue weighted by Gasteiger charge is -2.37. The summed E-state index contributed by atoms with van der Waals surface area (Å²) in [5.41, 5.74) is -0.149. The van der Waals surface area contributed by atoms with Crippen molar-refractivity contribution in [1.29, 1.82) is 0 Å². The van der Waals surface area contributed by atoms with Gasteiger partial charge >= 0.3 is 7.12 Å². The van der Waals surface area contributed by atoms with Crippen molar-refractivity contribution in [2.24, 2.45) is 0 Å². The van der Waals surface area contributed by atoms with Crippen LogP contribution in [0.5, 0.6) is 5.75 Å². The molecule has 0 bridgehead atoms. The largest absolute Gasteiger partial charge is 0.508 e. The first kappa shape index (κ1) is 21.0. The fourth-order valence-corrected chi connectivity index (χ4v) is 3.69. The number of hydrogen-bond acceptors (Lipinski definition) is 5. The molecule has 6 nitrogen and oxygen atoms in total. The third-order valence-electron chi connectivity index (χ3n) is 6.45. The molecule has 2 heterocycles. The van der Waals surface area contributed by atoms with Gasteiger partial charge in [-0.25, -0.2) is 0 Å².